The van der Waals surface area contributed by atoms with Crippen LogP contribution in [0.25, 0.3) is 0 Å². The number of rotatable bonds is 1. The van der Waals surface area contributed by atoms with Gasteiger partial charge in [-0.2, -0.15) is 0 Å². The highest BCUT2D eigenvalue weighted by Crippen LogP contribution is 2.91. The molecule has 1 aromatic carbocycles. The quantitative estimate of drug-likeness (QED) is 0.678. The summed E-state index contributed by atoms with van der Waals surface area (Å²) >= 11 is 0. The lowest BCUT2D eigenvalue weighted by molar-refractivity contribution is -0.246. The molecule has 0 radical (unpaired) electrons. The van der Waals surface area contributed by atoms with Crippen LogP contribution in [-0.2, 0) is 11.8 Å². The van der Waals surface area contributed by atoms with Gasteiger partial charge >= 0.3 is 0 Å². The fraction of sp³-hybridized carbons (Fsp3) is 0.778. The molecule has 5 saturated carbocycles. The molecule has 8 rings (SSSR count). The van der Waals surface area contributed by atoms with E-state index in [1.54, 1.807) is 11.1 Å². The van der Waals surface area contributed by atoms with Crippen molar-refractivity contribution in [3.05, 3.63) is 28.8 Å². The Morgan fingerprint density at radius 3 is 2.59 bits per heavy atom. The molecule has 2 nitrogen and oxygen atoms in total. The summed E-state index contributed by atoms with van der Waals surface area (Å²) in [6.07, 6.45) is 8.06. The SMILES string of the molecule is Cc1ccc2c3c1OC1C4(C)CCC5(CC4C(C)(O)C(C)(C)C)[C@@H]4CC4(C2)C[C@]315. The van der Waals surface area contributed by atoms with Gasteiger partial charge in [0.05, 0.1) is 5.60 Å². The summed E-state index contributed by atoms with van der Waals surface area (Å²) in [7, 11) is 0. The third-order valence-electron chi connectivity index (χ3n) is 11.8. The number of fused-ring (bicyclic) bond motifs is 2. The summed E-state index contributed by atoms with van der Waals surface area (Å²) in [5.41, 5.74) is 4.88. The minimum Gasteiger partial charge on any atom is -0.488 e. The van der Waals surface area contributed by atoms with Crippen molar-refractivity contribution in [1.29, 1.82) is 0 Å². The monoisotopic (exact) mass is 392 g/mol. The van der Waals surface area contributed by atoms with Crippen molar-refractivity contribution in [2.24, 2.45) is 33.5 Å². The summed E-state index contributed by atoms with van der Waals surface area (Å²) in [5, 5.41) is 12.0. The molecule has 5 fully saturated rings. The highest BCUT2D eigenvalue weighted by atomic mass is 16.5. The first-order valence-electron chi connectivity index (χ1n) is 12.0. The molecule has 6 unspecified atom stereocenters. The van der Waals surface area contributed by atoms with E-state index in [1.165, 1.54) is 49.8 Å². The first-order chi connectivity index (χ1) is 13.4. The normalized spacial score (nSPS) is 51.9. The third-order valence-corrected chi connectivity index (χ3v) is 11.8. The molecule has 0 saturated heterocycles. The van der Waals surface area contributed by atoms with Gasteiger partial charge < -0.3 is 9.84 Å². The number of hydrogen-bond acceptors (Lipinski definition) is 2. The molecule has 2 heteroatoms. The lowest BCUT2D eigenvalue weighted by Gasteiger charge is -2.70. The van der Waals surface area contributed by atoms with Crippen molar-refractivity contribution < 1.29 is 9.84 Å². The van der Waals surface area contributed by atoms with Crippen LogP contribution in [0, 0.1) is 40.4 Å². The summed E-state index contributed by atoms with van der Waals surface area (Å²) in [4.78, 5) is 0. The first-order valence-corrected chi connectivity index (χ1v) is 12.0. The molecule has 0 aromatic heterocycles. The number of aliphatic hydroxyl groups is 1. The van der Waals surface area contributed by atoms with Gasteiger partial charge in [0.15, 0.2) is 0 Å². The van der Waals surface area contributed by atoms with Gasteiger partial charge in [0.2, 0.25) is 0 Å². The predicted molar refractivity (Wildman–Crippen MR) is 114 cm³/mol. The van der Waals surface area contributed by atoms with Gasteiger partial charge in [-0.15, -0.1) is 0 Å². The molecular formula is C27H36O2. The molecule has 3 spiro atoms. The summed E-state index contributed by atoms with van der Waals surface area (Å²) in [5.74, 6) is 2.38. The fourth-order valence-corrected chi connectivity index (χ4v) is 10.0. The Morgan fingerprint density at radius 1 is 1.10 bits per heavy atom. The molecule has 1 N–H and O–H groups in total. The number of hydrogen-bond donors (Lipinski definition) is 1. The molecule has 1 aliphatic heterocycles. The van der Waals surface area contributed by atoms with Crippen LogP contribution in [0.2, 0.25) is 0 Å². The Kier molecular flexibility index (Phi) is 2.62. The maximum Gasteiger partial charge on any atom is 0.126 e. The standard InChI is InChI=1S/C27H36O2/c1-15-7-8-16-11-25-12-18(25)26-10-9-23(5,17(13-26)24(6,28)22(2,3)4)21-27(26,14-25)19(16)20(15)29-21/h7-8,17-18,21,28H,9-14H2,1-6H3/t17?,18-,21?,23?,24?,25?,26?,27+/m1/s1. The van der Waals surface area contributed by atoms with Crippen LogP contribution in [0.15, 0.2) is 12.1 Å². The van der Waals surface area contributed by atoms with Crippen molar-refractivity contribution in [2.45, 2.75) is 97.2 Å². The van der Waals surface area contributed by atoms with Gasteiger partial charge in [0.1, 0.15) is 11.9 Å². The molecule has 6 aliphatic carbocycles. The van der Waals surface area contributed by atoms with Gasteiger partial charge in [-0.05, 0) is 91.6 Å². The van der Waals surface area contributed by atoms with Crippen molar-refractivity contribution in [1.82, 2.24) is 0 Å². The molecule has 0 amide bonds. The lowest BCUT2D eigenvalue weighted by Crippen LogP contribution is -2.72. The second kappa shape index (κ2) is 4.31. The molecule has 1 aromatic rings. The van der Waals surface area contributed by atoms with Crippen LogP contribution < -0.4 is 4.74 Å². The van der Waals surface area contributed by atoms with E-state index in [1.807, 2.05) is 0 Å². The first kappa shape index (κ1) is 17.6. The fourth-order valence-electron chi connectivity index (χ4n) is 10.0. The maximum absolute atomic E-state index is 12.0. The minimum absolute atomic E-state index is 0.0383. The van der Waals surface area contributed by atoms with Crippen LogP contribution in [0.1, 0.15) is 83.4 Å². The largest absolute Gasteiger partial charge is 0.488 e. The highest BCUT2D eigenvalue weighted by Gasteiger charge is 2.88. The predicted octanol–water partition coefficient (Wildman–Crippen LogP) is 5.56. The Balaban J connectivity index is 1.51. The smallest absolute Gasteiger partial charge is 0.126 e. The average Bonchev–Trinajstić information content (AvgIpc) is 3.10. The lowest BCUT2D eigenvalue weighted by atomic mass is 9.35. The Labute approximate surface area is 175 Å². The second-order valence-corrected chi connectivity index (χ2v) is 13.5. The Hall–Kier alpha value is -1.02. The van der Waals surface area contributed by atoms with Crippen LogP contribution in [0.3, 0.4) is 0 Å². The van der Waals surface area contributed by atoms with Crippen molar-refractivity contribution in [3.8, 4) is 5.75 Å². The maximum atomic E-state index is 12.0. The molecular weight excluding hydrogens is 356 g/mol. The van der Waals surface area contributed by atoms with E-state index in [0.717, 1.165) is 5.92 Å². The van der Waals surface area contributed by atoms with E-state index in [4.69, 9.17) is 4.74 Å². The molecule has 1 heterocycles. The van der Waals surface area contributed by atoms with E-state index >= 15 is 0 Å². The average molecular weight is 393 g/mol. The van der Waals surface area contributed by atoms with Crippen LogP contribution >= 0.6 is 0 Å². The van der Waals surface area contributed by atoms with Gasteiger partial charge in [0.25, 0.3) is 0 Å². The van der Waals surface area contributed by atoms with E-state index in [-0.39, 0.29) is 22.3 Å². The van der Waals surface area contributed by atoms with E-state index in [2.05, 4.69) is 53.7 Å². The van der Waals surface area contributed by atoms with Crippen LogP contribution in [-0.4, -0.2) is 16.8 Å². The third kappa shape index (κ3) is 1.50. The Morgan fingerprint density at radius 2 is 1.86 bits per heavy atom. The van der Waals surface area contributed by atoms with Gasteiger partial charge in [-0.3, -0.25) is 0 Å². The van der Waals surface area contributed by atoms with Gasteiger partial charge in [-0.25, -0.2) is 0 Å². The summed E-state index contributed by atoms with van der Waals surface area (Å²) in [6.45, 7) is 13.5. The highest BCUT2D eigenvalue weighted by molar-refractivity contribution is 5.63. The van der Waals surface area contributed by atoms with Crippen molar-refractivity contribution in [3.63, 3.8) is 0 Å². The summed E-state index contributed by atoms with van der Waals surface area (Å²) in [6, 6.07) is 4.74. The van der Waals surface area contributed by atoms with Crippen LogP contribution in [0.5, 0.6) is 5.75 Å². The zero-order valence-electron chi connectivity index (χ0n) is 19.0. The number of benzene rings is 1. The summed E-state index contributed by atoms with van der Waals surface area (Å²) < 4.78 is 7.08. The van der Waals surface area contributed by atoms with E-state index in [9.17, 15) is 5.11 Å². The number of ether oxygens (including phenoxy) is 1. The van der Waals surface area contributed by atoms with E-state index < -0.39 is 5.60 Å². The topological polar surface area (TPSA) is 29.5 Å². The zero-order chi connectivity index (χ0) is 20.4. The van der Waals surface area contributed by atoms with E-state index in [0.29, 0.717) is 16.7 Å². The minimum atomic E-state index is -0.689. The molecule has 29 heavy (non-hydrogen) atoms. The van der Waals surface area contributed by atoms with Crippen molar-refractivity contribution >= 4 is 0 Å². The molecule has 8 atom stereocenters. The second-order valence-electron chi connectivity index (χ2n) is 13.5. The molecule has 7 aliphatic rings. The molecule has 4 bridgehead atoms. The van der Waals surface area contributed by atoms with Gasteiger partial charge in [-0.1, -0.05) is 39.8 Å². The number of aryl methyl sites for hydroxylation is 1. The van der Waals surface area contributed by atoms with Gasteiger partial charge in [0, 0.05) is 16.4 Å². The van der Waals surface area contributed by atoms with Crippen LogP contribution in [0.4, 0.5) is 0 Å². The van der Waals surface area contributed by atoms with Crippen molar-refractivity contribution in [2.75, 3.05) is 0 Å². The zero-order valence-corrected chi connectivity index (χ0v) is 19.0. The Bertz CT molecular complexity index is 985. The molecule has 156 valence electrons.